The van der Waals surface area contributed by atoms with Gasteiger partial charge in [0, 0.05) is 13.0 Å². The zero-order valence-electron chi connectivity index (χ0n) is 12.0. The predicted octanol–water partition coefficient (Wildman–Crippen LogP) is 1.91. The van der Waals surface area contributed by atoms with Crippen LogP contribution in [0, 0.1) is 6.92 Å². The quantitative estimate of drug-likeness (QED) is 0.789. The third-order valence-corrected chi connectivity index (χ3v) is 4.71. The van der Waals surface area contributed by atoms with Gasteiger partial charge < -0.3 is 0 Å². The summed E-state index contributed by atoms with van der Waals surface area (Å²) in [5, 5.41) is 4.20. The van der Waals surface area contributed by atoms with Crippen molar-refractivity contribution in [2.24, 2.45) is 7.05 Å². The van der Waals surface area contributed by atoms with Gasteiger partial charge in [0.05, 0.1) is 4.90 Å². The molecule has 1 aromatic carbocycles. The second-order valence-electron chi connectivity index (χ2n) is 5.31. The summed E-state index contributed by atoms with van der Waals surface area (Å²) in [7, 11) is -1.95. The number of aromatic nitrogens is 3. The molecule has 7 heteroatoms. The van der Waals surface area contributed by atoms with Crippen molar-refractivity contribution >= 4 is 10.1 Å². The van der Waals surface area contributed by atoms with E-state index >= 15 is 0 Å². The molecule has 1 heterocycles. The lowest BCUT2D eigenvalue weighted by molar-refractivity contribution is 0.298. The van der Waals surface area contributed by atoms with E-state index in [1.165, 1.54) is 12.1 Å². The van der Waals surface area contributed by atoms with Crippen LogP contribution in [0.2, 0.25) is 0 Å². The van der Waals surface area contributed by atoms with Crippen LogP contribution in [0.4, 0.5) is 0 Å². The van der Waals surface area contributed by atoms with Crippen molar-refractivity contribution < 1.29 is 12.6 Å². The Hall–Kier alpha value is -1.73. The Labute approximate surface area is 123 Å². The lowest BCUT2D eigenvalue weighted by atomic mass is 10.2. The molecule has 6 nitrogen and oxygen atoms in total. The van der Waals surface area contributed by atoms with E-state index in [2.05, 4.69) is 10.1 Å². The zero-order chi connectivity index (χ0) is 15.0. The summed E-state index contributed by atoms with van der Waals surface area (Å²) in [5.74, 6) is 1.77. The average Bonchev–Trinajstić information content (AvgIpc) is 3.21. The Morgan fingerprint density at radius 1 is 1.29 bits per heavy atom. The number of aryl methyl sites for hydroxylation is 2. The van der Waals surface area contributed by atoms with E-state index in [4.69, 9.17) is 4.18 Å². The Morgan fingerprint density at radius 2 is 1.95 bits per heavy atom. The van der Waals surface area contributed by atoms with Gasteiger partial charge in [-0.1, -0.05) is 17.7 Å². The molecule has 1 aliphatic rings. The minimum absolute atomic E-state index is 0.142. The fraction of sp³-hybridized carbons (Fsp3) is 0.429. The third kappa shape index (κ3) is 3.14. The summed E-state index contributed by atoms with van der Waals surface area (Å²) in [6, 6.07) is 6.54. The van der Waals surface area contributed by atoms with E-state index in [1.54, 1.807) is 16.8 Å². The first-order valence-corrected chi connectivity index (χ1v) is 8.22. The van der Waals surface area contributed by atoms with Crippen molar-refractivity contribution in [1.29, 1.82) is 0 Å². The van der Waals surface area contributed by atoms with Crippen molar-refractivity contribution in [1.82, 2.24) is 14.8 Å². The standard InChI is InChI=1S/C14H17N3O3S/c1-10-3-7-12(8-4-10)21(18,19)20-9-13-15-14(11-5-6-11)17(2)16-13/h3-4,7-8,11H,5-6,9H2,1-2H3. The van der Waals surface area contributed by atoms with Gasteiger partial charge in [0.2, 0.25) is 0 Å². The number of nitrogens with zero attached hydrogens (tertiary/aromatic N) is 3. The first-order chi connectivity index (χ1) is 9.95. The van der Waals surface area contributed by atoms with E-state index in [0.717, 1.165) is 24.2 Å². The van der Waals surface area contributed by atoms with Crippen LogP contribution in [0.1, 0.15) is 36.0 Å². The molecule has 2 aromatic rings. The fourth-order valence-electron chi connectivity index (χ4n) is 2.11. The molecular formula is C14H17N3O3S. The molecule has 112 valence electrons. The van der Waals surface area contributed by atoms with Gasteiger partial charge in [-0.3, -0.25) is 8.86 Å². The van der Waals surface area contributed by atoms with E-state index in [-0.39, 0.29) is 11.5 Å². The highest BCUT2D eigenvalue weighted by Gasteiger charge is 2.29. The normalized spacial score (nSPS) is 15.3. The summed E-state index contributed by atoms with van der Waals surface area (Å²) < 4.78 is 30.9. The molecule has 0 aliphatic heterocycles. The maximum Gasteiger partial charge on any atom is 0.297 e. The molecule has 0 bridgehead atoms. The van der Waals surface area contributed by atoms with Crippen molar-refractivity contribution in [2.45, 2.75) is 37.2 Å². The van der Waals surface area contributed by atoms with E-state index < -0.39 is 10.1 Å². The van der Waals surface area contributed by atoms with Crippen LogP contribution in [-0.4, -0.2) is 23.2 Å². The highest BCUT2D eigenvalue weighted by molar-refractivity contribution is 7.86. The molecule has 1 aliphatic carbocycles. The summed E-state index contributed by atoms with van der Waals surface area (Å²) in [4.78, 5) is 4.49. The molecule has 21 heavy (non-hydrogen) atoms. The van der Waals surface area contributed by atoms with Gasteiger partial charge in [0.1, 0.15) is 12.4 Å². The van der Waals surface area contributed by atoms with Crippen LogP contribution in [0.3, 0.4) is 0 Å². The van der Waals surface area contributed by atoms with Crippen molar-refractivity contribution in [2.75, 3.05) is 0 Å². The van der Waals surface area contributed by atoms with Crippen LogP contribution in [0.5, 0.6) is 0 Å². The maximum atomic E-state index is 12.1. The van der Waals surface area contributed by atoms with Crippen LogP contribution in [-0.2, 0) is 28.0 Å². The smallest absolute Gasteiger partial charge is 0.258 e. The molecule has 0 spiro atoms. The number of hydrogen-bond acceptors (Lipinski definition) is 5. The molecule has 0 saturated heterocycles. The maximum absolute atomic E-state index is 12.1. The molecule has 0 atom stereocenters. The van der Waals surface area contributed by atoms with Gasteiger partial charge in [0.25, 0.3) is 10.1 Å². The average molecular weight is 307 g/mol. The summed E-state index contributed by atoms with van der Waals surface area (Å²) in [6.07, 6.45) is 2.24. The molecule has 3 rings (SSSR count). The first-order valence-electron chi connectivity index (χ1n) is 6.81. The molecule has 0 unspecified atom stereocenters. The van der Waals surface area contributed by atoms with Gasteiger partial charge in [-0.25, -0.2) is 4.98 Å². The van der Waals surface area contributed by atoms with Crippen LogP contribution >= 0.6 is 0 Å². The summed E-state index contributed by atoms with van der Waals surface area (Å²) in [5.41, 5.74) is 0.995. The zero-order valence-corrected chi connectivity index (χ0v) is 12.8. The lowest BCUT2D eigenvalue weighted by Gasteiger charge is -2.03. The second kappa shape index (κ2) is 5.23. The minimum Gasteiger partial charge on any atom is -0.258 e. The Bertz CT molecular complexity index is 746. The van der Waals surface area contributed by atoms with E-state index in [1.807, 2.05) is 14.0 Å². The highest BCUT2D eigenvalue weighted by atomic mass is 32.2. The SMILES string of the molecule is Cc1ccc(S(=O)(=O)OCc2nc(C3CC3)n(C)n2)cc1. The molecule has 0 N–H and O–H groups in total. The molecular weight excluding hydrogens is 290 g/mol. The molecule has 1 fully saturated rings. The van der Waals surface area contributed by atoms with Gasteiger partial charge in [0.15, 0.2) is 5.82 Å². The minimum atomic E-state index is -3.77. The van der Waals surface area contributed by atoms with Gasteiger partial charge in [-0.2, -0.15) is 13.5 Å². The highest BCUT2D eigenvalue weighted by Crippen LogP contribution is 2.38. The van der Waals surface area contributed by atoms with Crippen molar-refractivity contribution in [3.63, 3.8) is 0 Å². The number of benzene rings is 1. The van der Waals surface area contributed by atoms with Crippen molar-refractivity contribution in [3.8, 4) is 0 Å². The number of rotatable bonds is 5. The summed E-state index contributed by atoms with van der Waals surface area (Å²) >= 11 is 0. The predicted molar refractivity (Wildman–Crippen MR) is 76.1 cm³/mol. The Kier molecular flexibility index (Phi) is 3.54. The van der Waals surface area contributed by atoms with Crippen LogP contribution in [0.15, 0.2) is 29.2 Å². The largest absolute Gasteiger partial charge is 0.297 e. The second-order valence-corrected chi connectivity index (χ2v) is 6.93. The molecule has 1 saturated carbocycles. The first kappa shape index (κ1) is 14.2. The summed E-state index contributed by atoms with van der Waals surface area (Å²) in [6.45, 7) is 1.76. The van der Waals surface area contributed by atoms with Crippen LogP contribution < -0.4 is 0 Å². The Morgan fingerprint density at radius 3 is 2.57 bits per heavy atom. The molecule has 0 amide bonds. The topological polar surface area (TPSA) is 74.1 Å². The Balaban J connectivity index is 1.71. The van der Waals surface area contributed by atoms with Crippen molar-refractivity contribution in [3.05, 3.63) is 41.5 Å². The number of hydrogen-bond donors (Lipinski definition) is 0. The fourth-order valence-corrected chi connectivity index (χ4v) is 2.98. The van der Waals surface area contributed by atoms with Gasteiger partial charge >= 0.3 is 0 Å². The lowest BCUT2D eigenvalue weighted by Crippen LogP contribution is -2.07. The molecule has 0 radical (unpaired) electrons. The van der Waals surface area contributed by atoms with Gasteiger partial charge in [-0.05, 0) is 31.9 Å². The third-order valence-electron chi connectivity index (χ3n) is 3.44. The monoisotopic (exact) mass is 307 g/mol. The van der Waals surface area contributed by atoms with E-state index in [0.29, 0.717) is 11.7 Å². The van der Waals surface area contributed by atoms with E-state index in [9.17, 15) is 8.42 Å². The van der Waals surface area contributed by atoms with Gasteiger partial charge in [-0.15, -0.1) is 0 Å². The van der Waals surface area contributed by atoms with Crippen LogP contribution in [0.25, 0.3) is 0 Å². The molecule has 1 aromatic heterocycles.